The van der Waals surface area contributed by atoms with Gasteiger partial charge in [-0.3, -0.25) is 9.59 Å². The predicted octanol–water partition coefficient (Wildman–Crippen LogP) is 5.18. The van der Waals surface area contributed by atoms with Crippen molar-refractivity contribution in [2.24, 2.45) is 0 Å². The van der Waals surface area contributed by atoms with Gasteiger partial charge < -0.3 is 10.2 Å². The Morgan fingerprint density at radius 3 is 2.23 bits per heavy atom. The van der Waals surface area contributed by atoms with E-state index < -0.39 is 6.04 Å². The van der Waals surface area contributed by atoms with Crippen LogP contribution in [-0.4, -0.2) is 34.6 Å². The Kier molecular flexibility index (Phi) is 9.47. The highest BCUT2D eigenvalue weighted by Gasteiger charge is 2.27. The zero-order valence-corrected chi connectivity index (χ0v) is 19.3. The third-order valence-electron chi connectivity index (χ3n) is 5.89. The van der Waals surface area contributed by atoms with Gasteiger partial charge in [0.25, 0.3) is 0 Å². The Morgan fingerprint density at radius 1 is 0.968 bits per heavy atom. The van der Waals surface area contributed by atoms with Crippen LogP contribution in [0.1, 0.15) is 56.6 Å². The molecular formula is C26H34N2O2S. The predicted molar refractivity (Wildman–Crippen MR) is 129 cm³/mol. The van der Waals surface area contributed by atoms with Crippen LogP contribution >= 0.6 is 11.8 Å². The summed E-state index contributed by atoms with van der Waals surface area (Å²) >= 11 is 1.76. The molecule has 1 saturated carbocycles. The first-order valence-corrected chi connectivity index (χ1v) is 12.5. The number of benzene rings is 2. The van der Waals surface area contributed by atoms with Crippen molar-refractivity contribution in [2.75, 3.05) is 5.75 Å². The number of nitrogens with one attached hydrogen (secondary N) is 1. The monoisotopic (exact) mass is 438 g/mol. The molecule has 1 aliphatic rings. The van der Waals surface area contributed by atoms with Crippen molar-refractivity contribution in [1.29, 1.82) is 0 Å². The lowest BCUT2D eigenvalue weighted by molar-refractivity contribution is -0.140. The van der Waals surface area contributed by atoms with Gasteiger partial charge in [0.05, 0.1) is 0 Å². The summed E-state index contributed by atoms with van der Waals surface area (Å²) in [5.41, 5.74) is 2.31. The summed E-state index contributed by atoms with van der Waals surface area (Å²) < 4.78 is 0. The Morgan fingerprint density at radius 2 is 1.58 bits per heavy atom. The molecule has 3 rings (SSSR count). The highest BCUT2D eigenvalue weighted by atomic mass is 32.2. The fraction of sp³-hybridized carbons (Fsp3) is 0.462. The van der Waals surface area contributed by atoms with Gasteiger partial charge in [0.2, 0.25) is 11.8 Å². The Balaban J connectivity index is 1.57. The summed E-state index contributed by atoms with van der Waals surface area (Å²) in [7, 11) is 0. The zero-order valence-electron chi connectivity index (χ0n) is 18.5. The van der Waals surface area contributed by atoms with Gasteiger partial charge in [0, 0.05) is 30.5 Å². The summed E-state index contributed by atoms with van der Waals surface area (Å²) in [6.45, 7) is 2.32. The SMILES string of the molecule is CC(C(=O)NC1CCCCC1)N(Cc1ccccc1)C(=O)CCSCc1ccccc1. The molecule has 1 unspecified atom stereocenters. The summed E-state index contributed by atoms with van der Waals surface area (Å²) in [6, 6.07) is 20.0. The second-order valence-corrected chi connectivity index (χ2v) is 9.42. The van der Waals surface area contributed by atoms with E-state index in [0.29, 0.717) is 13.0 Å². The van der Waals surface area contributed by atoms with Crippen molar-refractivity contribution in [3.05, 3.63) is 71.8 Å². The van der Waals surface area contributed by atoms with Crippen LogP contribution in [0.5, 0.6) is 0 Å². The molecule has 1 aliphatic carbocycles. The third-order valence-corrected chi connectivity index (χ3v) is 6.92. The molecule has 0 aliphatic heterocycles. The highest BCUT2D eigenvalue weighted by Crippen LogP contribution is 2.19. The lowest BCUT2D eigenvalue weighted by Gasteiger charge is -2.31. The average molecular weight is 439 g/mol. The molecule has 0 aromatic heterocycles. The molecule has 0 radical (unpaired) electrons. The number of nitrogens with zero attached hydrogens (tertiary/aromatic N) is 1. The van der Waals surface area contributed by atoms with Gasteiger partial charge in [-0.05, 0) is 30.9 Å². The summed E-state index contributed by atoms with van der Waals surface area (Å²) in [4.78, 5) is 27.8. The topological polar surface area (TPSA) is 49.4 Å². The average Bonchev–Trinajstić information content (AvgIpc) is 2.81. The van der Waals surface area contributed by atoms with E-state index in [4.69, 9.17) is 0 Å². The third kappa shape index (κ3) is 7.73. The van der Waals surface area contributed by atoms with Gasteiger partial charge in [-0.1, -0.05) is 79.9 Å². The minimum absolute atomic E-state index is 0.0341. The van der Waals surface area contributed by atoms with E-state index >= 15 is 0 Å². The summed E-state index contributed by atoms with van der Waals surface area (Å²) in [5.74, 6) is 1.64. The fourth-order valence-corrected chi connectivity index (χ4v) is 4.89. The van der Waals surface area contributed by atoms with Crippen molar-refractivity contribution < 1.29 is 9.59 Å². The minimum Gasteiger partial charge on any atom is -0.352 e. The van der Waals surface area contributed by atoms with E-state index in [0.717, 1.165) is 29.9 Å². The molecule has 0 saturated heterocycles. The molecule has 0 heterocycles. The number of hydrogen-bond acceptors (Lipinski definition) is 3. The molecule has 31 heavy (non-hydrogen) atoms. The van der Waals surface area contributed by atoms with Crippen molar-refractivity contribution in [3.8, 4) is 0 Å². The second-order valence-electron chi connectivity index (χ2n) is 8.31. The first kappa shape index (κ1) is 23.4. The van der Waals surface area contributed by atoms with Crippen LogP contribution in [0.3, 0.4) is 0 Å². The quantitative estimate of drug-likeness (QED) is 0.520. The number of hydrogen-bond donors (Lipinski definition) is 1. The van der Waals surface area contributed by atoms with Gasteiger partial charge in [-0.2, -0.15) is 11.8 Å². The highest BCUT2D eigenvalue weighted by molar-refractivity contribution is 7.98. The van der Waals surface area contributed by atoms with Crippen LogP contribution < -0.4 is 5.32 Å². The molecule has 4 nitrogen and oxygen atoms in total. The van der Waals surface area contributed by atoms with E-state index in [1.807, 2.05) is 55.5 Å². The van der Waals surface area contributed by atoms with Crippen LogP contribution in [0.25, 0.3) is 0 Å². The number of amides is 2. The van der Waals surface area contributed by atoms with E-state index in [2.05, 4.69) is 17.4 Å². The van der Waals surface area contributed by atoms with Crippen molar-refractivity contribution >= 4 is 23.6 Å². The summed E-state index contributed by atoms with van der Waals surface area (Å²) in [6.07, 6.45) is 6.12. The molecule has 1 fully saturated rings. The van der Waals surface area contributed by atoms with Gasteiger partial charge in [-0.15, -0.1) is 0 Å². The Hall–Kier alpha value is -2.27. The molecule has 5 heteroatoms. The molecular weight excluding hydrogens is 404 g/mol. The fourth-order valence-electron chi connectivity index (χ4n) is 4.00. The zero-order chi connectivity index (χ0) is 21.9. The minimum atomic E-state index is -0.478. The maximum absolute atomic E-state index is 13.1. The van der Waals surface area contributed by atoms with Gasteiger partial charge in [0.15, 0.2) is 0 Å². The number of carbonyl (C=O) groups excluding carboxylic acids is 2. The van der Waals surface area contributed by atoms with Crippen LogP contribution in [0.2, 0.25) is 0 Å². The second kappa shape index (κ2) is 12.6. The molecule has 1 N–H and O–H groups in total. The maximum Gasteiger partial charge on any atom is 0.242 e. The van der Waals surface area contributed by atoms with Gasteiger partial charge in [0.1, 0.15) is 6.04 Å². The van der Waals surface area contributed by atoms with E-state index in [1.165, 1.54) is 24.8 Å². The lowest BCUT2D eigenvalue weighted by Crippen LogP contribution is -2.50. The van der Waals surface area contributed by atoms with Crippen molar-refractivity contribution in [2.45, 2.75) is 69.8 Å². The van der Waals surface area contributed by atoms with E-state index in [9.17, 15) is 9.59 Å². The van der Waals surface area contributed by atoms with Gasteiger partial charge >= 0.3 is 0 Å². The molecule has 2 aromatic rings. The van der Waals surface area contributed by atoms with Gasteiger partial charge in [-0.25, -0.2) is 0 Å². The molecule has 2 aromatic carbocycles. The lowest BCUT2D eigenvalue weighted by atomic mass is 9.95. The smallest absolute Gasteiger partial charge is 0.242 e. The first-order chi connectivity index (χ1) is 15.1. The number of rotatable bonds is 10. The summed E-state index contributed by atoms with van der Waals surface area (Å²) in [5, 5.41) is 3.19. The number of thioether (sulfide) groups is 1. The maximum atomic E-state index is 13.1. The van der Waals surface area contributed by atoms with Crippen LogP contribution in [0.4, 0.5) is 0 Å². The molecule has 2 amide bonds. The van der Waals surface area contributed by atoms with E-state index in [1.54, 1.807) is 16.7 Å². The molecule has 0 bridgehead atoms. The normalized spacial score (nSPS) is 15.3. The van der Waals surface area contributed by atoms with Crippen LogP contribution in [-0.2, 0) is 21.9 Å². The largest absolute Gasteiger partial charge is 0.352 e. The Labute approximate surface area is 190 Å². The molecule has 1 atom stereocenters. The van der Waals surface area contributed by atoms with Crippen LogP contribution in [0, 0.1) is 0 Å². The molecule has 0 spiro atoms. The van der Waals surface area contributed by atoms with Crippen LogP contribution in [0.15, 0.2) is 60.7 Å². The first-order valence-electron chi connectivity index (χ1n) is 11.4. The van der Waals surface area contributed by atoms with Crippen molar-refractivity contribution in [3.63, 3.8) is 0 Å². The van der Waals surface area contributed by atoms with E-state index in [-0.39, 0.29) is 17.9 Å². The molecule has 166 valence electrons. The number of carbonyl (C=O) groups is 2. The van der Waals surface area contributed by atoms with Crippen molar-refractivity contribution in [1.82, 2.24) is 10.2 Å². The standard InChI is InChI=1S/C26H34N2O2S/c1-21(26(30)27-24-15-9-4-10-16-24)28(19-22-11-5-2-6-12-22)25(29)17-18-31-20-23-13-7-3-8-14-23/h2-3,5-8,11-14,21,24H,4,9-10,15-20H2,1H3,(H,27,30). The Bertz CT molecular complexity index is 807.